The summed E-state index contributed by atoms with van der Waals surface area (Å²) in [6.07, 6.45) is 10.3. The van der Waals surface area contributed by atoms with E-state index in [1.54, 1.807) is 6.20 Å². The van der Waals surface area contributed by atoms with Crippen LogP contribution in [-0.2, 0) is 0 Å². The van der Waals surface area contributed by atoms with Crippen LogP contribution in [0.25, 0.3) is 0 Å². The Bertz CT molecular complexity index is 727. The summed E-state index contributed by atoms with van der Waals surface area (Å²) in [5.74, 6) is 2.06. The highest BCUT2D eigenvalue weighted by Crippen LogP contribution is 2.21. The van der Waals surface area contributed by atoms with Gasteiger partial charge >= 0.3 is 0 Å². The number of anilines is 3. The van der Waals surface area contributed by atoms with E-state index < -0.39 is 0 Å². The zero-order valence-electron chi connectivity index (χ0n) is 15.5. The lowest BCUT2D eigenvalue weighted by Gasteiger charge is -2.13. The van der Waals surface area contributed by atoms with Crippen molar-refractivity contribution in [2.45, 2.75) is 52.1 Å². The average Bonchev–Trinajstić information content (AvgIpc) is 2.64. The van der Waals surface area contributed by atoms with Crippen LogP contribution < -0.4 is 15.4 Å². The molecular weight excluding hydrogens is 326 g/mol. The molecule has 0 spiro atoms. The molecule has 3 rings (SSSR count). The van der Waals surface area contributed by atoms with E-state index in [4.69, 9.17) is 4.74 Å². The molecule has 1 aliphatic carbocycles. The van der Waals surface area contributed by atoms with Gasteiger partial charge in [-0.1, -0.05) is 11.6 Å². The second-order valence-electron chi connectivity index (χ2n) is 6.77. The van der Waals surface area contributed by atoms with Gasteiger partial charge in [0.2, 0.25) is 5.95 Å². The molecule has 1 aliphatic rings. The highest BCUT2D eigenvalue weighted by atomic mass is 16.5. The molecule has 0 fully saturated rings. The Hall–Kier alpha value is -2.63. The Morgan fingerprint density at radius 3 is 2.73 bits per heavy atom. The Labute approximate surface area is 155 Å². The third kappa shape index (κ3) is 5.72. The van der Waals surface area contributed by atoms with Crippen LogP contribution in [0.2, 0.25) is 0 Å². The number of nitrogens with zero attached hydrogens (tertiary/aromatic N) is 3. The Morgan fingerprint density at radius 2 is 2.00 bits per heavy atom. The van der Waals surface area contributed by atoms with Crippen LogP contribution in [0.1, 0.15) is 46.0 Å². The van der Waals surface area contributed by atoms with Gasteiger partial charge in [-0.15, -0.1) is 5.10 Å². The number of rotatable bonds is 8. The highest BCUT2D eigenvalue weighted by Gasteiger charge is 2.05. The summed E-state index contributed by atoms with van der Waals surface area (Å²) in [5.41, 5.74) is 2.47. The molecule has 0 atom stereocenters. The molecule has 138 valence electrons. The zero-order chi connectivity index (χ0) is 18.2. The maximum Gasteiger partial charge on any atom is 0.244 e. The van der Waals surface area contributed by atoms with Crippen LogP contribution in [-0.4, -0.2) is 27.8 Å². The van der Waals surface area contributed by atoms with E-state index in [9.17, 15) is 0 Å². The number of benzene rings is 1. The van der Waals surface area contributed by atoms with Gasteiger partial charge in [-0.2, -0.15) is 10.1 Å². The summed E-state index contributed by atoms with van der Waals surface area (Å²) in [5, 5.41) is 14.6. The van der Waals surface area contributed by atoms with E-state index in [1.807, 2.05) is 38.1 Å². The number of allylic oxidation sites excluding steroid dienone is 1. The minimum Gasteiger partial charge on any atom is -0.491 e. The minimum atomic E-state index is 0.165. The first-order chi connectivity index (χ1) is 12.7. The quantitative estimate of drug-likeness (QED) is 0.670. The van der Waals surface area contributed by atoms with Crippen molar-refractivity contribution in [3.05, 3.63) is 42.1 Å². The van der Waals surface area contributed by atoms with Crippen LogP contribution in [0.3, 0.4) is 0 Å². The number of nitrogens with one attached hydrogen (secondary N) is 2. The fourth-order valence-electron chi connectivity index (χ4n) is 2.94. The largest absolute Gasteiger partial charge is 0.491 e. The molecular formula is C20H27N5O. The lowest BCUT2D eigenvalue weighted by molar-refractivity contribution is 0.242. The molecule has 0 bridgehead atoms. The van der Waals surface area contributed by atoms with Gasteiger partial charge in [-0.05, 0) is 70.2 Å². The molecule has 2 aromatic rings. The summed E-state index contributed by atoms with van der Waals surface area (Å²) in [7, 11) is 0. The smallest absolute Gasteiger partial charge is 0.244 e. The topological polar surface area (TPSA) is 72.0 Å². The maximum absolute atomic E-state index is 5.65. The van der Waals surface area contributed by atoms with Crippen molar-refractivity contribution in [2.24, 2.45) is 0 Å². The molecule has 0 amide bonds. The van der Waals surface area contributed by atoms with Gasteiger partial charge in [-0.25, -0.2) is 0 Å². The normalized spacial score (nSPS) is 14.0. The van der Waals surface area contributed by atoms with Gasteiger partial charge in [0.05, 0.1) is 12.3 Å². The van der Waals surface area contributed by atoms with Crippen LogP contribution in [0.5, 0.6) is 5.75 Å². The van der Waals surface area contributed by atoms with Crippen LogP contribution in [0.15, 0.2) is 42.1 Å². The molecule has 0 unspecified atom stereocenters. The molecule has 26 heavy (non-hydrogen) atoms. The first-order valence-corrected chi connectivity index (χ1v) is 9.34. The average molecular weight is 353 g/mol. The van der Waals surface area contributed by atoms with E-state index >= 15 is 0 Å². The van der Waals surface area contributed by atoms with Gasteiger partial charge in [-0.3, -0.25) is 0 Å². The molecule has 0 radical (unpaired) electrons. The number of hydrogen-bond donors (Lipinski definition) is 2. The Kier molecular flexibility index (Phi) is 6.41. The summed E-state index contributed by atoms with van der Waals surface area (Å²) in [6.45, 7) is 4.86. The van der Waals surface area contributed by atoms with E-state index in [1.165, 1.54) is 31.3 Å². The number of ether oxygens (including phenoxy) is 1. The molecule has 1 aromatic heterocycles. The molecule has 6 heteroatoms. The molecule has 6 nitrogen and oxygen atoms in total. The second-order valence-corrected chi connectivity index (χ2v) is 6.77. The number of hydrogen-bond acceptors (Lipinski definition) is 6. The lowest BCUT2D eigenvalue weighted by atomic mass is 9.97. The predicted octanol–water partition coefficient (Wildman–Crippen LogP) is 4.70. The van der Waals surface area contributed by atoms with Crippen molar-refractivity contribution < 1.29 is 4.74 Å². The van der Waals surface area contributed by atoms with E-state index in [2.05, 4.69) is 31.9 Å². The summed E-state index contributed by atoms with van der Waals surface area (Å²) < 4.78 is 5.65. The Balaban J connectivity index is 1.52. The summed E-state index contributed by atoms with van der Waals surface area (Å²) in [6, 6.07) is 7.80. The molecule has 1 aromatic carbocycles. The van der Waals surface area contributed by atoms with Crippen LogP contribution in [0, 0.1) is 0 Å². The van der Waals surface area contributed by atoms with Gasteiger partial charge in [0.1, 0.15) is 5.75 Å². The first-order valence-electron chi connectivity index (χ1n) is 9.34. The minimum absolute atomic E-state index is 0.165. The molecule has 0 aliphatic heterocycles. The first kappa shape index (κ1) is 18.2. The molecule has 2 N–H and O–H groups in total. The van der Waals surface area contributed by atoms with E-state index in [0.29, 0.717) is 11.8 Å². The third-order valence-electron chi connectivity index (χ3n) is 4.17. The van der Waals surface area contributed by atoms with Crippen LogP contribution >= 0.6 is 0 Å². The summed E-state index contributed by atoms with van der Waals surface area (Å²) >= 11 is 0. The molecule has 0 saturated heterocycles. The lowest BCUT2D eigenvalue weighted by Crippen LogP contribution is -2.09. The zero-order valence-corrected chi connectivity index (χ0v) is 15.5. The molecule has 0 saturated carbocycles. The van der Waals surface area contributed by atoms with Gasteiger partial charge < -0.3 is 15.4 Å². The SMILES string of the molecule is CC(C)Oc1ccc(Nc2cnnc(NCCC3=CCCCC3)n2)cc1. The second kappa shape index (κ2) is 9.17. The monoisotopic (exact) mass is 353 g/mol. The predicted molar refractivity (Wildman–Crippen MR) is 105 cm³/mol. The fourth-order valence-corrected chi connectivity index (χ4v) is 2.94. The van der Waals surface area contributed by atoms with Crippen molar-refractivity contribution in [2.75, 3.05) is 17.2 Å². The fraction of sp³-hybridized carbons (Fsp3) is 0.450. The standard InChI is InChI=1S/C20H27N5O/c1-15(2)26-18-10-8-17(9-11-18)23-19-14-22-25-20(24-19)21-13-12-16-6-4-3-5-7-16/h6,8-11,14-15H,3-5,7,12-13H2,1-2H3,(H2,21,23,24,25). The highest BCUT2D eigenvalue weighted by molar-refractivity contribution is 5.57. The number of aromatic nitrogens is 3. The van der Waals surface area contributed by atoms with Crippen molar-refractivity contribution >= 4 is 17.5 Å². The van der Waals surface area contributed by atoms with Crippen LogP contribution in [0.4, 0.5) is 17.5 Å². The molecule has 1 heterocycles. The summed E-state index contributed by atoms with van der Waals surface area (Å²) in [4.78, 5) is 4.47. The van der Waals surface area contributed by atoms with Crippen molar-refractivity contribution in [3.8, 4) is 5.75 Å². The van der Waals surface area contributed by atoms with Gasteiger partial charge in [0.15, 0.2) is 5.82 Å². The van der Waals surface area contributed by atoms with Crippen molar-refractivity contribution in [1.82, 2.24) is 15.2 Å². The van der Waals surface area contributed by atoms with E-state index in [0.717, 1.165) is 24.4 Å². The van der Waals surface area contributed by atoms with Gasteiger partial charge in [0, 0.05) is 12.2 Å². The Morgan fingerprint density at radius 1 is 1.15 bits per heavy atom. The van der Waals surface area contributed by atoms with Gasteiger partial charge in [0.25, 0.3) is 0 Å². The van der Waals surface area contributed by atoms with Crippen molar-refractivity contribution in [3.63, 3.8) is 0 Å². The maximum atomic E-state index is 5.65. The third-order valence-corrected chi connectivity index (χ3v) is 4.17. The van der Waals surface area contributed by atoms with Crippen molar-refractivity contribution in [1.29, 1.82) is 0 Å². The van der Waals surface area contributed by atoms with E-state index in [-0.39, 0.29) is 6.10 Å².